The normalized spacial score (nSPS) is 16.8. The van der Waals surface area contributed by atoms with E-state index in [0.717, 1.165) is 12.8 Å². The zero-order chi connectivity index (χ0) is 25.1. The van der Waals surface area contributed by atoms with E-state index in [0.29, 0.717) is 49.2 Å². The van der Waals surface area contributed by atoms with Crippen LogP contribution in [0.5, 0.6) is 11.5 Å². The summed E-state index contributed by atoms with van der Waals surface area (Å²) in [5.41, 5.74) is 6.93. The van der Waals surface area contributed by atoms with Crippen molar-refractivity contribution in [1.29, 1.82) is 0 Å². The second-order valence-corrected chi connectivity index (χ2v) is 8.39. The molecule has 36 heavy (non-hydrogen) atoms. The number of nitrogens with two attached hydrogens (primary N) is 1. The Morgan fingerprint density at radius 2 is 2.06 bits per heavy atom. The Morgan fingerprint density at radius 3 is 2.89 bits per heavy atom. The van der Waals surface area contributed by atoms with Gasteiger partial charge in [-0.2, -0.15) is 10.1 Å². The Morgan fingerprint density at radius 1 is 1.19 bits per heavy atom. The van der Waals surface area contributed by atoms with Gasteiger partial charge in [0.05, 0.1) is 23.6 Å². The molecule has 0 spiro atoms. The number of piperidine rings is 1. The quantitative estimate of drug-likeness (QED) is 0.424. The number of primary amides is 1. The molecule has 3 aromatic rings. The Labute approximate surface area is 207 Å². The fourth-order valence-corrected chi connectivity index (χ4v) is 4.25. The average Bonchev–Trinajstić information content (AvgIpc) is 3.37. The van der Waals surface area contributed by atoms with Gasteiger partial charge in [-0.1, -0.05) is 12.6 Å². The van der Waals surface area contributed by atoms with Crippen LogP contribution >= 0.6 is 0 Å². The summed E-state index contributed by atoms with van der Waals surface area (Å²) in [5.74, 6) is 0.851. The first-order valence-electron chi connectivity index (χ1n) is 11.6. The predicted octanol–water partition coefficient (Wildman–Crippen LogP) is 2.38. The van der Waals surface area contributed by atoms with Crippen molar-refractivity contribution in [3.63, 3.8) is 0 Å². The third-order valence-corrected chi connectivity index (χ3v) is 5.99. The Bertz CT molecular complexity index is 1310. The first kappa shape index (κ1) is 23.1. The molecule has 0 radical (unpaired) electrons. The molecule has 1 fully saturated rings. The number of para-hydroxylation sites is 1. The number of ether oxygens (including phenoxy) is 2. The highest BCUT2D eigenvalue weighted by Crippen LogP contribution is 2.39. The van der Waals surface area contributed by atoms with Gasteiger partial charge in [0.15, 0.2) is 11.5 Å². The van der Waals surface area contributed by atoms with E-state index < -0.39 is 5.91 Å². The minimum atomic E-state index is -0.672. The highest BCUT2D eigenvalue weighted by Gasteiger charge is 2.24. The molecule has 2 aliphatic heterocycles. The smallest absolute Gasteiger partial charge is 0.254 e. The summed E-state index contributed by atoms with van der Waals surface area (Å²) < 4.78 is 13.2. The maximum atomic E-state index is 12.0. The number of benzene rings is 1. The molecule has 4 heterocycles. The van der Waals surface area contributed by atoms with Crippen molar-refractivity contribution in [2.24, 2.45) is 5.73 Å². The van der Waals surface area contributed by atoms with E-state index in [4.69, 9.17) is 15.2 Å². The van der Waals surface area contributed by atoms with Crippen molar-refractivity contribution in [1.82, 2.24) is 24.6 Å². The lowest BCUT2D eigenvalue weighted by atomic mass is 10.1. The molecule has 12 nitrogen and oxygen atoms in total. The van der Waals surface area contributed by atoms with Crippen LogP contribution in [-0.4, -0.2) is 62.8 Å². The van der Waals surface area contributed by atoms with E-state index in [1.807, 2.05) is 16.9 Å². The van der Waals surface area contributed by atoms with Gasteiger partial charge < -0.3 is 30.7 Å². The minimum absolute atomic E-state index is 0.0556. The number of anilines is 4. The Kier molecular flexibility index (Phi) is 6.39. The summed E-state index contributed by atoms with van der Waals surface area (Å²) in [4.78, 5) is 34.5. The standard InChI is InChI=1S/C24H26N8O4/c1-2-20(33)31-8-4-5-16(14-31)32-13-15(11-27-32)28-24-26-12-17(22(25)34)23(30-24)29-18-6-3-7-19-21(18)36-10-9-35-19/h2-3,6-7,11-13,16H,1,4-5,8-10,14H2,(H2,25,34)(H2,26,28,29,30)/t16-/m0/s1. The summed E-state index contributed by atoms with van der Waals surface area (Å²) >= 11 is 0. The van der Waals surface area contributed by atoms with Crippen LogP contribution in [0.25, 0.3) is 0 Å². The number of fused-ring (bicyclic) bond motifs is 1. The van der Waals surface area contributed by atoms with Crippen LogP contribution in [0.15, 0.2) is 49.4 Å². The SMILES string of the molecule is C=CC(=O)N1CCC[C@H](n2cc(Nc3ncc(C(N)=O)c(Nc4cccc5c4OCCO5)n3)cn2)C1. The summed E-state index contributed by atoms with van der Waals surface area (Å²) in [6.07, 6.45) is 7.98. The van der Waals surface area contributed by atoms with Crippen LogP contribution in [0.4, 0.5) is 23.1 Å². The number of hydrogen-bond donors (Lipinski definition) is 3. The molecule has 0 unspecified atom stereocenters. The number of carbonyl (C=O) groups is 2. The molecule has 2 aliphatic rings. The molecular weight excluding hydrogens is 464 g/mol. The van der Waals surface area contributed by atoms with Gasteiger partial charge >= 0.3 is 0 Å². The van der Waals surface area contributed by atoms with Crippen molar-refractivity contribution in [3.8, 4) is 11.5 Å². The van der Waals surface area contributed by atoms with E-state index >= 15 is 0 Å². The van der Waals surface area contributed by atoms with Crippen LogP contribution < -0.4 is 25.8 Å². The first-order chi connectivity index (χ1) is 17.5. The third kappa shape index (κ3) is 4.78. The van der Waals surface area contributed by atoms with Crippen molar-refractivity contribution in [3.05, 3.63) is 55.0 Å². The summed E-state index contributed by atoms with van der Waals surface area (Å²) in [6, 6.07) is 5.46. The predicted molar refractivity (Wildman–Crippen MR) is 132 cm³/mol. The summed E-state index contributed by atoms with van der Waals surface area (Å²) in [7, 11) is 0. The van der Waals surface area contributed by atoms with Crippen molar-refractivity contribution in [2.45, 2.75) is 18.9 Å². The number of rotatable bonds is 7. The molecule has 1 aromatic carbocycles. The molecule has 186 valence electrons. The van der Waals surface area contributed by atoms with Gasteiger partial charge in [-0.25, -0.2) is 4.98 Å². The number of nitrogens with one attached hydrogen (secondary N) is 2. The van der Waals surface area contributed by atoms with Gasteiger partial charge in [-0.15, -0.1) is 0 Å². The van der Waals surface area contributed by atoms with Crippen LogP contribution in [0.2, 0.25) is 0 Å². The second-order valence-electron chi connectivity index (χ2n) is 8.39. The van der Waals surface area contributed by atoms with Gasteiger partial charge in [-0.05, 0) is 31.1 Å². The van der Waals surface area contributed by atoms with E-state index in [9.17, 15) is 9.59 Å². The molecule has 12 heteroatoms. The fourth-order valence-electron chi connectivity index (χ4n) is 4.25. The molecule has 0 saturated carbocycles. The molecule has 1 saturated heterocycles. The number of hydrogen-bond acceptors (Lipinski definition) is 9. The van der Waals surface area contributed by atoms with Gasteiger partial charge in [0, 0.05) is 25.5 Å². The molecule has 2 amide bonds. The Hall–Kier alpha value is -4.61. The molecule has 1 atom stereocenters. The van der Waals surface area contributed by atoms with Crippen molar-refractivity contribution in [2.75, 3.05) is 36.9 Å². The molecule has 4 N–H and O–H groups in total. The van der Waals surface area contributed by atoms with E-state index in [-0.39, 0.29) is 29.3 Å². The Balaban J connectivity index is 1.35. The van der Waals surface area contributed by atoms with E-state index in [1.165, 1.54) is 12.3 Å². The topological polar surface area (TPSA) is 150 Å². The number of likely N-dealkylation sites (tertiary alicyclic amines) is 1. The fraction of sp³-hybridized carbons (Fsp3) is 0.292. The highest BCUT2D eigenvalue weighted by molar-refractivity contribution is 5.98. The van der Waals surface area contributed by atoms with Gasteiger partial charge in [0.1, 0.15) is 24.6 Å². The van der Waals surface area contributed by atoms with Crippen LogP contribution in [-0.2, 0) is 4.79 Å². The minimum Gasteiger partial charge on any atom is -0.486 e. The van der Waals surface area contributed by atoms with Gasteiger partial charge in [0.2, 0.25) is 11.9 Å². The lowest BCUT2D eigenvalue weighted by molar-refractivity contribution is -0.127. The number of nitrogens with zero attached hydrogens (tertiary/aromatic N) is 5. The van der Waals surface area contributed by atoms with Crippen LogP contribution in [0.1, 0.15) is 29.2 Å². The number of carbonyl (C=O) groups excluding carboxylic acids is 2. The number of amides is 2. The molecule has 2 aromatic heterocycles. The molecule has 0 bridgehead atoms. The second kappa shape index (κ2) is 9.94. The molecular formula is C24H26N8O4. The average molecular weight is 491 g/mol. The maximum absolute atomic E-state index is 12.0. The third-order valence-electron chi connectivity index (χ3n) is 5.99. The van der Waals surface area contributed by atoms with Crippen molar-refractivity contribution >= 4 is 35.0 Å². The lowest BCUT2D eigenvalue weighted by Crippen LogP contribution is -2.39. The largest absolute Gasteiger partial charge is 0.486 e. The van der Waals surface area contributed by atoms with Gasteiger partial charge in [0.25, 0.3) is 5.91 Å². The lowest BCUT2D eigenvalue weighted by Gasteiger charge is -2.32. The van der Waals surface area contributed by atoms with E-state index in [1.54, 1.807) is 23.2 Å². The molecule has 5 rings (SSSR count). The summed E-state index contributed by atoms with van der Waals surface area (Å²) in [6.45, 7) is 5.72. The number of aromatic nitrogens is 4. The maximum Gasteiger partial charge on any atom is 0.254 e. The summed E-state index contributed by atoms with van der Waals surface area (Å²) in [5, 5.41) is 10.7. The zero-order valence-corrected chi connectivity index (χ0v) is 19.5. The van der Waals surface area contributed by atoms with Crippen molar-refractivity contribution < 1.29 is 19.1 Å². The zero-order valence-electron chi connectivity index (χ0n) is 19.5. The van der Waals surface area contributed by atoms with Crippen LogP contribution in [0, 0.1) is 0 Å². The molecule has 0 aliphatic carbocycles. The van der Waals surface area contributed by atoms with Gasteiger partial charge in [-0.3, -0.25) is 14.3 Å². The first-order valence-corrected chi connectivity index (χ1v) is 11.6. The van der Waals surface area contributed by atoms with Crippen LogP contribution in [0.3, 0.4) is 0 Å². The van der Waals surface area contributed by atoms with E-state index in [2.05, 4.69) is 32.3 Å². The highest BCUT2D eigenvalue weighted by atomic mass is 16.6. The monoisotopic (exact) mass is 490 g/mol.